The van der Waals surface area contributed by atoms with Crippen molar-refractivity contribution >= 4 is 11.6 Å². The van der Waals surface area contributed by atoms with Gasteiger partial charge in [0.05, 0.1) is 6.61 Å². The Hall–Kier alpha value is -1.59. The molecule has 0 saturated carbocycles. The highest BCUT2D eigenvalue weighted by atomic mass is 16.5. The minimum atomic E-state index is -0.427. The quantitative estimate of drug-likeness (QED) is 0.708. The Morgan fingerprint density at radius 3 is 2.57 bits per heavy atom. The maximum atomic E-state index is 10.5. The molecule has 1 aliphatic rings. The summed E-state index contributed by atoms with van der Waals surface area (Å²) in [7, 11) is 0. The van der Waals surface area contributed by atoms with Gasteiger partial charge < -0.3 is 20.7 Å². The van der Waals surface area contributed by atoms with Crippen LogP contribution in [-0.4, -0.2) is 38.8 Å². The molecule has 0 aromatic heterocycles. The zero-order valence-electron chi connectivity index (χ0n) is 12.5. The molecule has 1 aliphatic heterocycles. The lowest BCUT2D eigenvalue weighted by Crippen LogP contribution is -2.29. The van der Waals surface area contributed by atoms with E-state index in [-0.39, 0.29) is 6.61 Å². The molecule has 5 nitrogen and oxygen atoms in total. The van der Waals surface area contributed by atoms with Crippen LogP contribution in [0.1, 0.15) is 24.8 Å². The molecule has 0 radical (unpaired) electrons. The molecule has 1 fully saturated rings. The van der Waals surface area contributed by atoms with E-state index in [1.807, 2.05) is 0 Å². The first-order chi connectivity index (χ1) is 10.3. The summed E-state index contributed by atoms with van der Waals surface area (Å²) >= 11 is 0. The summed E-state index contributed by atoms with van der Waals surface area (Å²) < 4.78 is 5.09. The first kappa shape index (κ1) is 15.8. The summed E-state index contributed by atoms with van der Waals surface area (Å²) in [5.41, 5.74) is 7.56. The second kappa shape index (κ2) is 8.64. The molecule has 1 amide bonds. The van der Waals surface area contributed by atoms with Gasteiger partial charge in [-0.15, -0.1) is 0 Å². The molecule has 2 rings (SSSR count). The van der Waals surface area contributed by atoms with Gasteiger partial charge in [-0.1, -0.05) is 12.1 Å². The molecular formula is C16H25N3O2. The predicted octanol–water partition coefficient (Wildman–Crippen LogP) is 1.27. The average Bonchev–Trinajstić information content (AvgIpc) is 2.52. The van der Waals surface area contributed by atoms with E-state index in [0.717, 1.165) is 6.54 Å². The van der Waals surface area contributed by atoms with Gasteiger partial charge in [0.15, 0.2) is 0 Å². The van der Waals surface area contributed by atoms with Crippen LogP contribution in [0.3, 0.4) is 0 Å². The highest BCUT2D eigenvalue weighted by Gasteiger charge is 2.10. The highest BCUT2D eigenvalue weighted by Crippen LogP contribution is 2.20. The smallest absolute Gasteiger partial charge is 0.243 e. The van der Waals surface area contributed by atoms with Crippen molar-refractivity contribution < 1.29 is 9.53 Å². The van der Waals surface area contributed by atoms with Gasteiger partial charge in [0, 0.05) is 31.9 Å². The Labute approximate surface area is 126 Å². The fraction of sp³-hybridized carbons (Fsp3) is 0.562. The SMILES string of the molecule is NC(=O)COCCNCc1ccc(N2CCCCC2)cc1. The van der Waals surface area contributed by atoms with Crippen LogP contribution in [0.4, 0.5) is 5.69 Å². The molecule has 5 heteroatoms. The number of piperidine rings is 1. The van der Waals surface area contributed by atoms with Crippen LogP contribution in [0, 0.1) is 0 Å². The number of nitrogens with zero attached hydrogens (tertiary/aromatic N) is 1. The van der Waals surface area contributed by atoms with Crippen molar-refractivity contribution in [2.45, 2.75) is 25.8 Å². The number of ether oxygens (including phenoxy) is 1. The normalized spacial score (nSPS) is 15.1. The van der Waals surface area contributed by atoms with Crippen LogP contribution < -0.4 is 16.0 Å². The maximum Gasteiger partial charge on any atom is 0.243 e. The van der Waals surface area contributed by atoms with Crippen LogP contribution in [0.5, 0.6) is 0 Å². The van der Waals surface area contributed by atoms with E-state index in [1.165, 1.54) is 43.6 Å². The predicted molar refractivity (Wildman–Crippen MR) is 84.2 cm³/mol. The number of nitrogens with two attached hydrogens (primary N) is 1. The first-order valence-corrected chi connectivity index (χ1v) is 7.66. The maximum absolute atomic E-state index is 10.5. The van der Waals surface area contributed by atoms with Gasteiger partial charge in [0.1, 0.15) is 6.61 Å². The summed E-state index contributed by atoms with van der Waals surface area (Å²) in [5, 5.41) is 3.28. The summed E-state index contributed by atoms with van der Waals surface area (Å²) in [6.45, 7) is 4.35. The summed E-state index contributed by atoms with van der Waals surface area (Å²) in [6, 6.07) is 8.74. The van der Waals surface area contributed by atoms with E-state index < -0.39 is 5.91 Å². The molecule has 1 aromatic rings. The minimum Gasteiger partial charge on any atom is -0.372 e. The van der Waals surface area contributed by atoms with Gasteiger partial charge in [-0.25, -0.2) is 0 Å². The van der Waals surface area contributed by atoms with E-state index in [0.29, 0.717) is 13.2 Å². The lowest BCUT2D eigenvalue weighted by atomic mass is 10.1. The van der Waals surface area contributed by atoms with Gasteiger partial charge >= 0.3 is 0 Å². The van der Waals surface area contributed by atoms with E-state index in [4.69, 9.17) is 10.5 Å². The summed E-state index contributed by atoms with van der Waals surface area (Å²) in [4.78, 5) is 12.9. The lowest BCUT2D eigenvalue weighted by Gasteiger charge is -2.28. The van der Waals surface area contributed by atoms with Crippen LogP contribution in [0.15, 0.2) is 24.3 Å². The van der Waals surface area contributed by atoms with Crippen LogP contribution in [0.2, 0.25) is 0 Å². The average molecular weight is 291 g/mol. The monoisotopic (exact) mass is 291 g/mol. The Morgan fingerprint density at radius 2 is 1.90 bits per heavy atom. The molecule has 0 aliphatic carbocycles. The van der Waals surface area contributed by atoms with Gasteiger partial charge in [0.25, 0.3) is 0 Å². The number of hydrogen-bond acceptors (Lipinski definition) is 4. The fourth-order valence-corrected chi connectivity index (χ4v) is 2.53. The second-order valence-corrected chi connectivity index (χ2v) is 5.41. The van der Waals surface area contributed by atoms with Crippen molar-refractivity contribution in [3.63, 3.8) is 0 Å². The number of anilines is 1. The molecule has 0 spiro atoms. The van der Waals surface area contributed by atoms with Crippen LogP contribution in [0.25, 0.3) is 0 Å². The van der Waals surface area contributed by atoms with Crippen molar-refractivity contribution in [3.05, 3.63) is 29.8 Å². The minimum absolute atomic E-state index is 0.00773. The van der Waals surface area contributed by atoms with Crippen molar-refractivity contribution in [1.29, 1.82) is 0 Å². The van der Waals surface area contributed by atoms with E-state index in [9.17, 15) is 4.79 Å². The van der Waals surface area contributed by atoms with Gasteiger partial charge in [-0.3, -0.25) is 4.79 Å². The Morgan fingerprint density at radius 1 is 1.19 bits per heavy atom. The number of amides is 1. The number of benzene rings is 1. The van der Waals surface area contributed by atoms with E-state index in [1.54, 1.807) is 0 Å². The molecular weight excluding hydrogens is 266 g/mol. The van der Waals surface area contributed by atoms with Gasteiger partial charge in [-0.05, 0) is 37.0 Å². The first-order valence-electron chi connectivity index (χ1n) is 7.66. The molecule has 21 heavy (non-hydrogen) atoms. The number of nitrogens with one attached hydrogen (secondary N) is 1. The number of primary amides is 1. The fourth-order valence-electron chi connectivity index (χ4n) is 2.53. The van der Waals surface area contributed by atoms with Crippen molar-refractivity contribution in [2.75, 3.05) is 37.7 Å². The standard InChI is InChI=1S/C16H25N3O2/c17-16(20)13-21-11-8-18-12-14-4-6-15(7-5-14)19-9-2-1-3-10-19/h4-7,18H,1-3,8-13H2,(H2,17,20). The third-order valence-electron chi connectivity index (χ3n) is 3.65. The van der Waals surface area contributed by atoms with Gasteiger partial charge in [-0.2, -0.15) is 0 Å². The van der Waals surface area contributed by atoms with Gasteiger partial charge in [0.2, 0.25) is 5.91 Å². The molecule has 116 valence electrons. The number of carbonyl (C=O) groups excluding carboxylic acids is 1. The molecule has 0 bridgehead atoms. The Bertz CT molecular complexity index is 428. The molecule has 1 saturated heterocycles. The molecule has 3 N–H and O–H groups in total. The van der Waals surface area contributed by atoms with E-state index >= 15 is 0 Å². The summed E-state index contributed by atoms with van der Waals surface area (Å²) in [5.74, 6) is -0.427. The zero-order chi connectivity index (χ0) is 14.9. The number of carbonyl (C=O) groups is 1. The molecule has 1 aromatic carbocycles. The molecule has 0 unspecified atom stereocenters. The third kappa shape index (κ3) is 5.73. The Balaban J connectivity index is 1.66. The third-order valence-corrected chi connectivity index (χ3v) is 3.65. The van der Waals surface area contributed by atoms with E-state index in [2.05, 4.69) is 34.5 Å². The highest BCUT2D eigenvalue weighted by molar-refractivity contribution is 5.74. The largest absolute Gasteiger partial charge is 0.372 e. The number of hydrogen-bond donors (Lipinski definition) is 2. The summed E-state index contributed by atoms with van der Waals surface area (Å²) in [6.07, 6.45) is 3.96. The molecule has 0 atom stereocenters. The van der Waals surface area contributed by atoms with Crippen LogP contribution >= 0.6 is 0 Å². The zero-order valence-corrected chi connectivity index (χ0v) is 12.5. The lowest BCUT2D eigenvalue weighted by molar-refractivity contribution is -0.122. The van der Waals surface area contributed by atoms with Crippen molar-refractivity contribution in [1.82, 2.24) is 5.32 Å². The van der Waals surface area contributed by atoms with Crippen LogP contribution in [-0.2, 0) is 16.1 Å². The number of rotatable bonds is 8. The van der Waals surface area contributed by atoms with Crippen molar-refractivity contribution in [2.24, 2.45) is 5.73 Å². The second-order valence-electron chi connectivity index (χ2n) is 5.41. The molecule has 1 heterocycles. The topological polar surface area (TPSA) is 67.6 Å². The Kier molecular flexibility index (Phi) is 6.50. The van der Waals surface area contributed by atoms with Crippen molar-refractivity contribution in [3.8, 4) is 0 Å².